The molecule has 0 radical (unpaired) electrons. The summed E-state index contributed by atoms with van der Waals surface area (Å²) in [4.78, 5) is 4.43. The Bertz CT molecular complexity index is 294. The maximum atomic E-state index is 8.08. The first-order chi connectivity index (χ1) is 8.71. The summed E-state index contributed by atoms with van der Waals surface area (Å²) in [5, 5.41) is 8.08. The molecule has 3 nitrogen and oxygen atoms in total. The van der Waals surface area contributed by atoms with Gasteiger partial charge in [-0.3, -0.25) is 9.80 Å². The van der Waals surface area contributed by atoms with E-state index in [1.165, 1.54) is 0 Å². The zero-order valence-corrected chi connectivity index (χ0v) is 11.0. The number of hydrogen-bond donors (Lipinski definition) is 1. The second-order valence-corrected chi connectivity index (χ2v) is 4.41. The average Bonchev–Trinajstić information content (AvgIpc) is 3.00. The predicted octanol–water partition coefficient (Wildman–Crippen LogP) is 2.10. The first kappa shape index (κ1) is 14.6. The molecule has 18 heavy (non-hydrogen) atoms. The molecule has 98 valence electrons. The smallest absolute Gasteiger partial charge is 0.0708 e. The molecule has 0 aliphatic heterocycles. The molecule has 0 amide bonds. The molecular weight excluding hydrogens is 222 g/mol. The Morgan fingerprint density at radius 2 is 1.06 bits per heavy atom. The van der Waals surface area contributed by atoms with Crippen molar-refractivity contribution in [2.45, 2.75) is 12.1 Å². The van der Waals surface area contributed by atoms with Crippen LogP contribution < -0.4 is 0 Å². The van der Waals surface area contributed by atoms with Gasteiger partial charge in [0.25, 0.3) is 0 Å². The molecule has 1 fully saturated rings. The first-order valence-corrected chi connectivity index (χ1v) is 6.21. The lowest BCUT2D eigenvalue weighted by Gasteiger charge is -2.22. The van der Waals surface area contributed by atoms with E-state index in [0.29, 0.717) is 0 Å². The molecule has 2 atom stereocenters. The lowest BCUT2D eigenvalue weighted by Crippen LogP contribution is -2.35. The van der Waals surface area contributed by atoms with E-state index < -0.39 is 0 Å². The number of nitrogens with zero attached hydrogens (tertiary/aromatic N) is 2. The second kappa shape index (κ2) is 7.09. The van der Waals surface area contributed by atoms with Gasteiger partial charge in [0.2, 0.25) is 0 Å². The highest BCUT2D eigenvalue weighted by atomic mass is 15.3. The maximum absolute atomic E-state index is 8.08. The van der Waals surface area contributed by atoms with Gasteiger partial charge in [-0.2, -0.15) is 0 Å². The zero-order valence-electron chi connectivity index (χ0n) is 11.0. The monoisotopic (exact) mass is 245 g/mol. The van der Waals surface area contributed by atoms with E-state index >= 15 is 0 Å². The van der Waals surface area contributed by atoms with Crippen LogP contribution in [0.5, 0.6) is 0 Å². The summed E-state index contributed by atoms with van der Waals surface area (Å²) in [6.45, 7) is 18.2. The molecule has 1 aliphatic rings. The minimum Gasteiger partial charge on any atom is -0.306 e. The molecule has 0 aromatic carbocycles. The van der Waals surface area contributed by atoms with E-state index in [1.807, 2.05) is 24.3 Å². The molecule has 0 aromatic heterocycles. The van der Waals surface area contributed by atoms with Crippen LogP contribution in [-0.2, 0) is 0 Å². The van der Waals surface area contributed by atoms with Crippen LogP contribution in [0, 0.1) is 5.41 Å². The van der Waals surface area contributed by atoms with Crippen molar-refractivity contribution in [1.29, 1.82) is 5.41 Å². The van der Waals surface area contributed by atoms with Crippen molar-refractivity contribution in [3.05, 3.63) is 50.6 Å². The van der Waals surface area contributed by atoms with Gasteiger partial charge in [0, 0.05) is 31.9 Å². The van der Waals surface area contributed by atoms with Crippen LogP contribution in [0.4, 0.5) is 0 Å². The standard InChI is InChI=1S/C15H23N3/c1-5-9-17(10-6-2)14-13(16)15(14)18(11-7-3)12-8-4/h5-8,14-16H,1-4,9-12H2. The van der Waals surface area contributed by atoms with Gasteiger partial charge in [-0.1, -0.05) is 24.3 Å². The van der Waals surface area contributed by atoms with Crippen LogP contribution in [-0.4, -0.2) is 53.8 Å². The van der Waals surface area contributed by atoms with Crippen LogP contribution in [0.3, 0.4) is 0 Å². The van der Waals surface area contributed by atoms with E-state index in [4.69, 9.17) is 5.41 Å². The summed E-state index contributed by atoms with van der Waals surface area (Å²) >= 11 is 0. The highest BCUT2D eigenvalue weighted by molar-refractivity contribution is 6.09. The Kier molecular flexibility index (Phi) is 5.75. The Balaban J connectivity index is 2.70. The third-order valence-electron chi connectivity index (χ3n) is 3.07. The fraction of sp³-hybridized carbons (Fsp3) is 0.400. The molecule has 2 unspecified atom stereocenters. The van der Waals surface area contributed by atoms with Gasteiger partial charge in [0.15, 0.2) is 0 Å². The van der Waals surface area contributed by atoms with Crippen molar-refractivity contribution in [2.24, 2.45) is 0 Å². The number of nitrogens with one attached hydrogen (secondary N) is 1. The topological polar surface area (TPSA) is 30.3 Å². The molecule has 0 spiro atoms. The summed E-state index contributed by atoms with van der Waals surface area (Å²) < 4.78 is 0. The summed E-state index contributed by atoms with van der Waals surface area (Å²) in [6.07, 6.45) is 7.49. The summed E-state index contributed by atoms with van der Waals surface area (Å²) in [5.41, 5.74) is 0.766. The van der Waals surface area contributed by atoms with Gasteiger partial charge in [0.1, 0.15) is 0 Å². The van der Waals surface area contributed by atoms with Gasteiger partial charge >= 0.3 is 0 Å². The van der Waals surface area contributed by atoms with E-state index in [9.17, 15) is 0 Å². The largest absolute Gasteiger partial charge is 0.306 e. The third kappa shape index (κ3) is 3.28. The lowest BCUT2D eigenvalue weighted by atomic mass is 10.3. The molecule has 0 aromatic rings. The molecule has 0 bridgehead atoms. The minimum absolute atomic E-state index is 0.181. The van der Waals surface area contributed by atoms with Crippen molar-refractivity contribution in [1.82, 2.24) is 9.80 Å². The molecule has 1 aliphatic carbocycles. The van der Waals surface area contributed by atoms with Crippen LogP contribution in [0.15, 0.2) is 50.6 Å². The molecule has 1 rings (SSSR count). The van der Waals surface area contributed by atoms with Gasteiger partial charge in [-0.25, -0.2) is 0 Å². The molecule has 0 heterocycles. The summed E-state index contributed by atoms with van der Waals surface area (Å²) in [7, 11) is 0. The van der Waals surface area contributed by atoms with Crippen molar-refractivity contribution in [2.75, 3.05) is 26.2 Å². The summed E-state index contributed by atoms with van der Waals surface area (Å²) in [6, 6.07) is 0.363. The minimum atomic E-state index is 0.181. The second-order valence-electron chi connectivity index (χ2n) is 4.41. The fourth-order valence-electron chi connectivity index (χ4n) is 2.29. The molecule has 0 saturated heterocycles. The highest BCUT2D eigenvalue weighted by Crippen LogP contribution is 2.29. The Labute approximate surface area is 110 Å². The van der Waals surface area contributed by atoms with Crippen LogP contribution >= 0.6 is 0 Å². The molecule has 1 N–H and O–H groups in total. The third-order valence-corrected chi connectivity index (χ3v) is 3.07. The van der Waals surface area contributed by atoms with E-state index in [2.05, 4.69) is 36.1 Å². The van der Waals surface area contributed by atoms with Gasteiger partial charge in [0.05, 0.1) is 12.1 Å². The van der Waals surface area contributed by atoms with E-state index in [0.717, 1.165) is 31.9 Å². The zero-order chi connectivity index (χ0) is 13.5. The average molecular weight is 245 g/mol. The molecule has 1 saturated carbocycles. The SMILES string of the molecule is C=CCN(CC=C)C1C(=N)C1N(CC=C)CC=C. The van der Waals surface area contributed by atoms with Crippen molar-refractivity contribution < 1.29 is 0 Å². The Morgan fingerprint density at radius 1 is 0.778 bits per heavy atom. The van der Waals surface area contributed by atoms with Gasteiger partial charge < -0.3 is 5.41 Å². The van der Waals surface area contributed by atoms with Crippen LogP contribution in [0.1, 0.15) is 0 Å². The maximum Gasteiger partial charge on any atom is 0.0708 e. The first-order valence-electron chi connectivity index (χ1n) is 6.21. The van der Waals surface area contributed by atoms with Crippen LogP contribution in [0.25, 0.3) is 0 Å². The number of hydrogen-bond acceptors (Lipinski definition) is 3. The van der Waals surface area contributed by atoms with E-state index in [1.54, 1.807) is 0 Å². The van der Waals surface area contributed by atoms with Crippen LogP contribution in [0.2, 0.25) is 0 Å². The lowest BCUT2D eigenvalue weighted by molar-refractivity contribution is 0.249. The Hall–Kier alpha value is -1.45. The van der Waals surface area contributed by atoms with E-state index in [-0.39, 0.29) is 12.1 Å². The number of rotatable bonds is 10. The van der Waals surface area contributed by atoms with Gasteiger partial charge in [-0.15, -0.1) is 26.3 Å². The highest BCUT2D eigenvalue weighted by Gasteiger charge is 2.51. The predicted molar refractivity (Wildman–Crippen MR) is 79.2 cm³/mol. The summed E-state index contributed by atoms with van der Waals surface area (Å²) in [5.74, 6) is 0. The van der Waals surface area contributed by atoms with Crippen molar-refractivity contribution in [3.63, 3.8) is 0 Å². The Morgan fingerprint density at radius 3 is 1.28 bits per heavy atom. The van der Waals surface area contributed by atoms with Crippen molar-refractivity contribution >= 4 is 5.71 Å². The van der Waals surface area contributed by atoms with Crippen molar-refractivity contribution in [3.8, 4) is 0 Å². The van der Waals surface area contributed by atoms with Gasteiger partial charge in [-0.05, 0) is 0 Å². The normalized spacial score (nSPS) is 22.0. The molecule has 3 heteroatoms. The molecular formula is C15H23N3. The fourth-order valence-corrected chi connectivity index (χ4v) is 2.29. The quantitative estimate of drug-likeness (QED) is 0.597.